The minimum absolute atomic E-state index is 0.171. The van der Waals surface area contributed by atoms with Crippen LogP contribution in [-0.2, 0) is 11.2 Å². The Hall–Kier alpha value is -1.84. The van der Waals surface area contributed by atoms with Crippen LogP contribution in [0.1, 0.15) is 25.0 Å². The third-order valence-electron chi connectivity index (χ3n) is 2.53. The summed E-state index contributed by atoms with van der Waals surface area (Å²) in [5.41, 5.74) is 1.21. The number of aliphatic carboxylic acids is 1. The summed E-state index contributed by atoms with van der Waals surface area (Å²) in [6, 6.07) is 3.16. The smallest absolute Gasteiger partial charge is 0.331 e. The van der Waals surface area contributed by atoms with Crippen LogP contribution in [-0.4, -0.2) is 18.2 Å². The molecule has 1 rings (SSSR count). The molecular weight excluding hydrogens is 223 g/mol. The summed E-state index contributed by atoms with van der Waals surface area (Å²) in [4.78, 5) is 10.7. The van der Waals surface area contributed by atoms with Crippen LogP contribution >= 0.6 is 0 Å². The minimum Gasteiger partial charge on any atom is -0.494 e. The molecule has 0 radical (unpaired) electrons. The van der Waals surface area contributed by atoms with E-state index in [1.54, 1.807) is 6.07 Å². The minimum atomic E-state index is -1.01. The van der Waals surface area contributed by atoms with Gasteiger partial charge in [0.15, 0.2) is 11.6 Å². The molecule has 1 aromatic rings. The lowest BCUT2D eigenvalue weighted by Crippen LogP contribution is -2.00. The van der Waals surface area contributed by atoms with Crippen molar-refractivity contribution in [2.24, 2.45) is 0 Å². The molecule has 0 aliphatic heterocycles. The first kappa shape index (κ1) is 13.2. The van der Waals surface area contributed by atoms with Gasteiger partial charge in [-0.3, -0.25) is 0 Å². The maximum Gasteiger partial charge on any atom is 0.331 e. The van der Waals surface area contributed by atoms with Gasteiger partial charge in [0.1, 0.15) is 0 Å². The van der Waals surface area contributed by atoms with Crippen molar-refractivity contribution in [1.82, 2.24) is 0 Å². The van der Waals surface area contributed by atoms with Crippen LogP contribution < -0.4 is 4.74 Å². The molecule has 0 fully saturated rings. The fourth-order valence-electron chi connectivity index (χ4n) is 1.56. The molecule has 1 aromatic carbocycles. The molecule has 4 heteroatoms. The average Bonchev–Trinajstić information content (AvgIpc) is 2.29. The average molecular weight is 238 g/mol. The summed E-state index contributed by atoms with van der Waals surface area (Å²) in [6.45, 7) is 3.29. The van der Waals surface area contributed by atoms with Gasteiger partial charge >= 0.3 is 5.97 Å². The number of carboxylic acids is 1. The predicted octanol–water partition coefficient (Wildman–Crippen LogP) is 2.88. The first-order valence-corrected chi connectivity index (χ1v) is 5.28. The zero-order valence-corrected chi connectivity index (χ0v) is 10.1. The zero-order chi connectivity index (χ0) is 13.0. The summed E-state index contributed by atoms with van der Waals surface area (Å²) in [5.74, 6) is -1.27. The van der Waals surface area contributed by atoms with E-state index in [9.17, 15) is 9.18 Å². The molecule has 0 aromatic heterocycles. The van der Waals surface area contributed by atoms with E-state index in [2.05, 4.69) is 0 Å². The first-order valence-electron chi connectivity index (χ1n) is 5.28. The third-order valence-corrected chi connectivity index (χ3v) is 2.53. The Morgan fingerprint density at radius 1 is 1.53 bits per heavy atom. The number of carboxylic acid groups (broad SMARTS) is 1. The van der Waals surface area contributed by atoms with E-state index in [1.165, 1.54) is 26.2 Å². The lowest BCUT2D eigenvalue weighted by Gasteiger charge is -2.09. The van der Waals surface area contributed by atoms with Crippen LogP contribution in [0.15, 0.2) is 17.7 Å². The largest absolute Gasteiger partial charge is 0.494 e. The van der Waals surface area contributed by atoms with Gasteiger partial charge in [0.2, 0.25) is 0 Å². The molecule has 0 saturated carbocycles. The Morgan fingerprint density at radius 2 is 2.18 bits per heavy atom. The molecule has 0 bridgehead atoms. The Bertz CT molecular complexity index is 464. The highest BCUT2D eigenvalue weighted by molar-refractivity contribution is 5.91. The molecular formula is C13H15FO3. The Kier molecular flexibility index (Phi) is 4.26. The van der Waals surface area contributed by atoms with Crippen molar-refractivity contribution in [3.05, 3.63) is 34.6 Å². The number of carbonyl (C=O) groups is 1. The topological polar surface area (TPSA) is 46.5 Å². The van der Waals surface area contributed by atoms with Crippen molar-refractivity contribution in [3.63, 3.8) is 0 Å². The van der Waals surface area contributed by atoms with Crippen LogP contribution in [0, 0.1) is 5.82 Å². The Morgan fingerprint density at radius 3 is 2.65 bits per heavy atom. The van der Waals surface area contributed by atoms with E-state index in [-0.39, 0.29) is 11.3 Å². The summed E-state index contributed by atoms with van der Waals surface area (Å²) in [7, 11) is 1.40. The summed E-state index contributed by atoms with van der Waals surface area (Å²) < 4.78 is 18.8. The number of hydrogen-bond acceptors (Lipinski definition) is 2. The van der Waals surface area contributed by atoms with Gasteiger partial charge in [-0.2, -0.15) is 0 Å². The molecule has 0 unspecified atom stereocenters. The highest BCUT2D eigenvalue weighted by atomic mass is 19.1. The number of rotatable bonds is 4. The molecule has 17 heavy (non-hydrogen) atoms. The molecule has 0 spiro atoms. The van der Waals surface area contributed by atoms with Gasteiger partial charge in [0.25, 0.3) is 0 Å². The molecule has 0 atom stereocenters. The van der Waals surface area contributed by atoms with Gasteiger partial charge in [-0.25, -0.2) is 9.18 Å². The van der Waals surface area contributed by atoms with Crippen molar-refractivity contribution in [3.8, 4) is 5.75 Å². The second-order valence-electron chi connectivity index (χ2n) is 3.64. The summed E-state index contributed by atoms with van der Waals surface area (Å²) in [6.07, 6.45) is 1.94. The Labute approximate surface area is 99.5 Å². The van der Waals surface area contributed by atoms with E-state index in [0.717, 1.165) is 0 Å². The molecule has 0 aliphatic rings. The fraction of sp³-hybridized carbons (Fsp3) is 0.308. The van der Waals surface area contributed by atoms with Gasteiger partial charge in [0, 0.05) is 5.57 Å². The van der Waals surface area contributed by atoms with Crippen molar-refractivity contribution in [2.75, 3.05) is 7.11 Å². The number of methoxy groups -OCH3 is 1. The lowest BCUT2D eigenvalue weighted by molar-refractivity contribution is -0.132. The molecule has 0 amide bonds. The maximum absolute atomic E-state index is 13.9. The van der Waals surface area contributed by atoms with Crippen LogP contribution in [0.4, 0.5) is 4.39 Å². The van der Waals surface area contributed by atoms with Gasteiger partial charge in [-0.1, -0.05) is 13.0 Å². The quantitative estimate of drug-likeness (QED) is 0.820. The van der Waals surface area contributed by atoms with E-state index in [4.69, 9.17) is 9.84 Å². The number of hydrogen-bond donors (Lipinski definition) is 1. The highest BCUT2D eigenvalue weighted by Gasteiger charge is 2.12. The predicted molar refractivity (Wildman–Crippen MR) is 63.6 cm³/mol. The fourth-order valence-corrected chi connectivity index (χ4v) is 1.56. The normalized spacial score (nSPS) is 11.4. The van der Waals surface area contributed by atoms with Crippen LogP contribution in [0.5, 0.6) is 5.75 Å². The monoisotopic (exact) mass is 238 g/mol. The van der Waals surface area contributed by atoms with Crippen LogP contribution in [0.2, 0.25) is 0 Å². The van der Waals surface area contributed by atoms with Gasteiger partial charge in [0.05, 0.1) is 7.11 Å². The maximum atomic E-state index is 13.9. The van der Waals surface area contributed by atoms with Gasteiger partial charge in [-0.05, 0) is 36.6 Å². The van der Waals surface area contributed by atoms with E-state index < -0.39 is 11.8 Å². The first-order chi connectivity index (χ1) is 8.01. The summed E-state index contributed by atoms with van der Waals surface area (Å²) >= 11 is 0. The second kappa shape index (κ2) is 5.48. The van der Waals surface area contributed by atoms with Gasteiger partial charge in [-0.15, -0.1) is 0 Å². The standard InChI is InChI=1S/C13H15FO3/c1-4-10-9(7-8(2)13(15)16)5-6-11(17-3)12(10)14/h5-7H,4H2,1-3H3,(H,15,16)/b8-7+. The summed E-state index contributed by atoms with van der Waals surface area (Å²) in [5, 5.41) is 8.79. The van der Waals surface area contributed by atoms with E-state index in [0.29, 0.717) is 17.5 Å². The van der Waals surface area contributed by atoms with E-state index in [1.807, 2.05) is 6.92 Å². The van der Waals surface area contributed by atoms with Crippen LogP contribution in [0.3, 0.4) is 0 Å². The molecule has 0 aliphatic carbocycles. The molecule has 92 valence electrons. The van der Waals surface area contributed by atoms with Crippen molar-refractivity contribution in [1.29, 1.82) is 0 Å². The van der Waals surface area contributed by atoms with Crippen molar-refractivity contribution < 1.29 is 19.0 Å². The molecule has 3 nitrogen and oxygen atoms in total. The third kappa shape index (κ3) is 2.84. The number of benzene rings is 1. The molecule has 0 heterocycles. The number of halogens is 1. The second-order valence-corrected chi connectivity index (χ2v) is 3.64. The van der Waals surface area contributed by atoms with Crippen LogP contribution in [0.25, 0.3) is 6.08 Å². The zero-order valence-electron chi connectivity index (χ0n) is 10.1. The highest BCUT2D eigenvalue weighted by Crippen LogP contribution is 2.25. The van der Waals surface area contributed by atoms with Gasteiger partial charge < -0.3 is 9.84 Å². The Balaban J connectivity index is 3.31. The number of ether oxygens (including phenoxy) is 1. The van der Waals surface area contributed by atoms with Crippen molar-refractivity contribution in [2.45, 2.75) is 20.3 Å². The van der Waals surface area contributed by atoms with E-state index >= 15 is 0 Å². The SMILES string of the molecule is CCc1c(/C=C(\C)C(=O)O)ccc(OC)c1F. The van der Waals surface area contributed by atoms with Crippen molar-refractivity contribution >= 4 is 12.0 Å². The lowest BCUT2D eigenvalue weighted by atomic mass is 10.0. The molecule has 1 N–H and O–H groups in total. The molecule has 0 saturated heterocycles.